The van der Waals surface area contributed by atoms with Gasteiger partial charge in [-0.05, 0) is 53.6 Å². The molecule has 0 saturated carbocycles. The molecule has 1 amide bonds. The summed E-state index contributed by atoms with van der Waals surface area (Å²) in [5.41, 5.74) is 10.1. The van der Waals surface area contributed by atoms with Gasteiger partial charge in [-0.25, -0.2) is 0 Å². The number of aliphatic hydroxyl groups excluding tert-OH is 1. The quantitative estimate of drug-likeness (QED) is 0.590. The molecule has 0 aliphatic carbocycles. The van der Waals surface area contributed by atoms with E-state index in [2.05, 4.69) is 16.7 Å². The van der Waals surface area contributed by atoms with Crippen molar-refractivity contribution >= 4 is 27.7 Å². The van der Waals surface area contributed by atoms with Crippen LogP contribution < -0.4 is 5.73 Å². The molecule has 1 heterocycles. The maximum absolute atomic E-state index is 11.9. The number of nitrogens with two attached hydrogens (primary N) is 1. The number of hydrogen-bond donors (Lipinski definition) is 2. The Bertz CT molecular complexity index is 1210. The molecule has 5 nitrogen and oxygen atoms in total. The van der Waals surface area contributed by atoms with Gasteiger partial charge >= 0.3 is 0 Å². The molecular weight excluding hydrogens is 338 g/mol. The number of aliphatic hydroxyl groups is 1. The molecule has 5 heteroatoms. The smallest absolute Gasteiger partial charge is 0.249 e. The Labute approximate surface area is 155 Å². The Hall–Kier alpha value is -3.62. The van der Waals surface area contributed by atoms with Gasteiger partial charge in [0.05, 0.1) is 29.3 Å². The molecule has 0 aliphatic heterocycles. The fourth-order valence-corrected chi connectivity index (χ4v) is 3.43. The third-order valence-electron chi connectivity index (χ3n) is 4.73. The summed E-state index contributed by atoms with van der Waals surface area (Å²) >= 11 is 0. The summed E-state index contributed by atoms with van der Waals surface area (Å²) in [6.45, 7) is 0.462. The SMILES string of the molecule is N#Cc1ccc(Cn2c3cc(CO)c[c]c3c3c(C(N)=O)cccc32)cc1. The normalized spacial score (nSPS) is 11.0. The molecule has 0 bridgehead atoms. The van der Waals surface area contributed by atoms with Crippen LogP contribution in [0.1, 0.15) is 27.0 Å². The zero-order valence-corrected chi connectivity index (χ0v) is 14.4. The summed E-state index contributed by atoms with van der Waals surface area (Å²) in [4.78, 5) is 11.9. The fraction of sp³-hybridized carbons (Fsp3) is 0.0909. The number of carbonyl (C=O) groups excluding carboxylic acids is 1. The predicted molar refractivity (Wildman–Crippen MR) is 103 cm³/mol. The van der Waals surface area contributed by atoms with E-state index in [1.54, 1.807) is 24.3 Å². The largest absolute Gasteiger partial charge is 0.392 e. The van der Waals surface area contributed by atoms with Gasteiger partial charge in [0.25, 0.3) is 0 Å². The number of nitrogens with zero attached hydrogens (tertiary/aromatic N) is 2. The highest BCUT2D eigenvalue weighted by Crippen LogP contribution is 2.32. The summed E-state index contributed by atoms with van der Waals surface area (Å²) in [5, 5.41) is 20.1. The minimum atomic E-state index is -0.488. The first-order valence-corrected chi connectivity index (χ1v) is 8.47. The molecule has 1 radical (unpaired) electrons. The van der Waals surface area contributed by atoms with E-state index < -0.39 is 5.91 Å². The van der Waals surface area contributed by atoms with Crippen molar-refractivity contribution in [2.45, 2.75) is 13.2 Å². The molecule has 0 saturated heterocycles. The maximum atomic E-state index is 11.9. The van der Waals surface area contributed by atoms with Gasteiger partial charge in [0, 0.05) is 22.9 Å². The number of benzene rings is 3. The van der Waals surface area contributed by atoms with E-state index >= 15 is 0 Å². The molecule has 1 aromatic heterocycles. The van der Waals surface area contributed by atoms with Crippen molar-refractivity contribution in [2.75, 3.05) is 0 Å². The van der Waals surface area contributed by atoms with E-state index in [0.29, 0.717) is 17.7 Å². The van der Waals surface area contributed by atoms with Gasteiger partial charge in [0.2, 0.25) is 5.91 Å². The number of hydrogen-bond acceptors (Lipinski definition) is 3. The lowest BCUT2D eigenvalue weighted by molar-refractivity contribution is 0.100. The molecule has 0 atom stereocenters. The van der Waals surface area contributed by atoms with Crippen LogP contribution in [0.3, 0.4) is 0 Å². The number of rotatable bonds is 4. The zero-order valence-electron chi connectivity index (χ0n) is 14.4. The number of primary amides is 1. The minimum absolute atomic E-state index is 0.0898. The third-order valence-corrected chi connectivity index (χ3v) is 4.73. The lowest BCUT2D eigenvalue weighted by Crippen LogP contribution is -2.11. The zero-order chi connectivity index (χ0) is 19.0. The van der Waals surface area contributed by atoms with Gasteiger partial charge in [-0.2, -0.15) is 5.26 Å². The summed E-state index contributed by atoms with van der Waals surface area (Å²) < 4.78 is 2.08. The van der Waals surface area contributed by atoms with Gasteiger partial charge in [-0.15, -0.1) is 0 Å². The van der Waals surface area contributed by atoms with E-state index in [-0.39, 0.29) is 6.61 Å². The van der Waals surface area contributed by atoms with Crippen LogP contribution >= 0.6 is 0 Å². The minimum Gasteiger partial charge on any atom is -0.392 e. The van der Waals surface area contributed by atoms with Crippen molar-refractivity contribution in [1.82, 2.24) is 4.57 Å². The van der Waals surface area contributed by atoms with Crippen LogP contribution in [0.5, 0.6) is 0 Å². The van der Waals surface area contributed by atoms with Crippen LogP contribution in [0.2, 0.25) is 0 Å². The Kier molecular flexibility index (Phi) is 4.11. The summed E-state index contributed by atoms with van der Waals surface area (Å²) in [6, 6.07) is 21.8. The molecule has 3 N–H and O–H groups in total. The van der Waals surface area contributed by atoms with E-state index in [1.165, 1.54) is 0 Å². The van der Waals surface area contributed by atoms with Crippen LogP contribution in [0.25, 0.3) is 21.8 Å². The van der Waals surface area contributed by atoms with E-state index in [1.807, 2.05) is 30.3 Å². The van der Waals surface area contributed by atoms with Crippen molar-refractivity contribution in [3.05, 3.63) is 82.9 Å². The Balaban J connectivity index is 1.99. The van der Waals surface area contributed by atoms with Crippen LogP contribution in [0, 0.1) is 17.4 Å². The van der Waals surface area contributed by atoms with Crippen molar-refractivity contribution < 1.29 is 9.90 Å². The van der Waals surface area contributed by atoms with Gasteiger partial charge < -0.3 is 15.4 Å². The first-order chi connectivity index (χ1) is 13.1. The molecule has 0 spiro atoms. The van der Waals surface area contributed by atoms with Crippen LogP contribution in [0.4, 0.5) is 0 Å². The highest BCUT2D eigenvalue weighted by Gasteiger charge is 2.17. The molecule has 0 unspecified atom stereocenters. The molecule has 0 fully saturated rings. The van der Waals surface area contributed by atoms with Gasteiger partial charge in [-0.1, -0.05) is 18.2 Å². The number of carbonyl (C=O) groups is 1. The predicted octanol–water partition coefficient (Wildman–Crippen LogP) is 3.11. The van der Waals surface area contributed by atoms with E-state index in [9.17, 15) is 9.90 Å². The molecule has 0 aliphatic rings. The second-order valence-corrected chi connectivity index (χ2v) is 6.39. The van der Waals surface area contributed by atoms with Gasteiger partial charge in [0.15, 0.2) is 0 Å². The van der Waals surface area contributed by atoms with Crippen molar-refractivity contribution in [1.29, 1.82) is 5.26 Å². The number of nitriles is 1. The molecule has 27 heavy (non-hydrogen) atoms. The first kappa shape index (κ1) is 16.8. The number of fused-ring (bicyclic) bond motifs is 3. The molecule has 4 aromatic rings. The molecular formula is C22H16N3O2. The second-order valence-electron chi connectivity index (χ2n) is 6.39. The third kappa shape index (κ3) is 2.82. The molecule has 3 aromatic carbocycles. The van der Waals surface area contributed by atoms with Crippen LogP contribution in [-0.2, 0) is 13.2 Å². The second kappa shape index (κ2) is 6.60. The van der Waals surface area contributed by atoms with Crippen molar-refractivity contribution in [2.24, 2.45) is 5.73 Å². The fourth-order valence-electron chi connectivity index (χ4n) is 3.43. The monoisotopic (exact) mass is 354 g/mol. The maximum Gasteiger partial charge on any atom is 0.249 e. The van der Waals surface area contributed by atoms with Crippen LogP contribution in [0.15, 0.2) is 54.6 Å². The average Bonchev–Trinajstić information content (AvgIpc) is 3.01. The lowest BCUT2D eigenvalue weighted by atomic mass is 10.0. The number of amides is 1. The Morgan fingerprint density at radius 2 is 1.93 bits per heavy atom. The summed E-state index contributed by atoms with van der Waals surface area (Å²) in [7, 11) is 0. The average molecular weight is 354 g/mol. The number of aromatic nitrogens is 1. The van der Waals surface area contributed by atoms with E-state index in [0.717, 1.165) is 32.9 Å². The highest BCUT2D eigenvalue weighted by atomic mass is 16.3. The van der Waals surface area contributed by atoms with Gasteiger partial charge in [-0.3, -0.25) is 4.79 Å². The van der Waals surface area contributed by atoms with Crippen LogP contribution in [-0.4, -0.2) is 15.6 Å². The van der Waals surface area contributed by atoms with E-state index in [4.69, 9.17) is 11.0 Å². The standard InChI is InChI=1S/C22H16N3O2/c23-11-14-4-6-15(7-5-14)12-25-19-3-1-2-18(22(24)27)21(19)17-9-8-16(13-26)10-20(17)25/h1-8,10,26H,12-13H2,(H2,24,27). The Morgan fingerprint density at radius 1 is 1.15 bits per heavy atom. The topological polar surface area (TPSA) is 92.0 Å². The van der Waals surface area contributed by atoms with Gasteiger partial charge in [0.1, 0.15) is 0 Å². The van der Waals surface area contributed by atoms with Crippen molar-refractivity contribution in [3.63, 3.8) is 0 Å². The first-order valence-electron chi connectivity index (χ1n) is 8.47. The molecule has 4 rings (SSSR count). The molecule has 131 valence electrons. The van der Waals surface area contributed by atoms with Crippen molar-refractivity contribution in [3.8, 4) is 6.07 Å². The summed E-state index contributed by atoms with van der Waals surface area (Å²) in [5.74, 6) is -0.488. The Morgan fingerprint density at radius 3 is 2.59 bits per heavy atom. The lowest BCUT2D eigenvalue weighted by Gasteiger charge is -2.09. The summed E-state index contributed by atoms with van der Waals surface area (Å²) in [6.07, 6.45) is 0. The highest BCUT2D eigenvalue weighted by molar-refractivity contribution is 6.17.